The van der Waals surface area contributed by atoms with Crippen molar-refractivity contribution in [2.24, 2.45) is 5.41 Å². The molecule has 1 aromatic carbocycles. The lowest BCUT2D eigenvalue weighted by molar-refractivity contribution is -0.274. The summed E-state index contributed by atoms with van der Waals surface area (Å²) >= 11 is 0. The number of nitrogens with one attached hydrogen (secondary N) is 1. The number of hydrogen-bond donors (Lipinski definition) is 1. The fourth-order valence-electron chi connectivity index (χ4n) is 4.44. The molecule has 1 N–H and O–H groups in total. The summed E-state index contributed by atoms with van der Waals surface area (Å²) in [6, 6.07) is 6.18. The molecular weight excluding hydrogens is 385 g/mol. The van der Waals surface area contributed by atoms with Crippen LogP contribution in [0.1, 0.15) is 51.5 Å². The van der Waals surface area contributed by atoms with Gasteiger partial charge < -0.3 is 19.7 Å². The predicted octanol–water partition coefficient (Wildman–Crippen LogP) is 4.68. The van der Waals surface area contributed by atoms with Gasteiger partial charge in [-0.1, -0.05) is 12.1 Å². The minimum absolute atomic E-state index is 0.0549. The SMILES string of the molecule is CC(C)(C)OC(=O)N1CCC2(CCNCC2)C(c2cccc(OC(F)(F)F)c2)C1. The van der Waals surface area contributed by atoms with Crippen molar-refractivity contribution < 1.29 is 27.4 Å². The number of carbonyl (C=O) groups excluding carboxylic acids is 1. The van der Waals surface area contributed by atoms with Crippen LogP contribution in [0.5, 0.6) is 5.75 Å². The fourth-order valence-corrected chi connectivity index (χ4v) is 4.44. The van der Waals surface area contributed by atoms with Crippen molar-refractivity contribution in [3.05, 3.63) is 29.8 Å². The molecule has 29 heavy (non-hydrogen) atoms. The molecule has 2 fully saturated rings. The van der Waals surface area contributed by atoms with Crippen LogP contribution in [-0.2, 0) is 4.74 Å². The van der Waals surface area contributed by atoms with Crippen LogP contribution in [0.2, 0.25) is 0 Å². The highest BCUT2D eigenvalue weighted by atomic mass is 19.4. The van der Waals surface area contributed by atoms with E-state index in [0.29, 0.717) is 13.1 Å². The Morgan fingerprint density at radius 2 is 1.86 bits per heavy atom. The normalized spacial score (nSPS) is 22.4. The predicted molar refractivity (Wildman–Crippen MR) is 103 cm³/mol. The zero-order valence-electron chi connectivity index (χ0n) is 17.1. The largest absolute Gasteiger partial charge is 0.573 e. The maximum Gasteiger partial charge on any atom is 0.573 e. The Balaban J connectivity index is 1.88. The first-order valence-corrected chi connectivity index (χ1v) is 10.0. The quantitative estimate of drug-likeness (QED) is 0.764. The smallest absolute Gasteiger partial charge is 0.444 e. The molecule has 3 rings (SSSR count). The van der Waals surface area contributed by atoms with E-state index in [1.54, 1.807) is 11.0 Å². The minimum atomic E-state index is -4.74. The van der Waals surface area contributed by atoms with Gasteiger partial charge in [0, 0.05) is 19.0 Å². The average Bonchev–Trinajstić information content (AvgIpc) is 2.60. The maximum atomic E-state index is 12.7. The first kappa shape index (κ1) is 21.7. The van der Waals surface area contributed by atoms with Gasteiger partial charge in [0.2, 0.25) is 0 Å². The molecule has 0 radical (unpaired) electrons. The molecule has 0 aliphatic carbocycles. The van der Waals surface area contributed by atoms with E-state index in [9.17, 15) is 18.0 Å². The van der Waals surface area contributed by atoms with Crippen molar-refractivity contribution in [3.8, 4) is 5.75 Å². The van der Waals surface area contributed by atoms with E-state index in [1.165, 1.54) is 12.1 Å². The summed E-state index contributed by atoms with van der Waals surface area (Å²) in [7, 11) is 0. The van der Waals surface area contributed by atoms with Gasteiger partial charge in [-0.15, -0.1) is 13.2 Å². The van der Waals surface area contributed by atoms with E-state index in [2.05, 4.69) is 10.1 Å². The van der Waals surface area contributed by atoms with E-state index in [4.69, 9.17) is 4.74 Å². The van der Waals surface area contributed by atoms with Gasteiger partial charge in [0.1, 0.15) is 11.4 Å². The van der Waals surface area contributed by atoms with E-state index in [0.717, 1.165) is 37.9 Å². The van der Waals surface area contributed by atoms with Gasteiger partial charge in [-0.25, -0.2) is 4.79 Å². The molecule has 2 heterocycles. The molecule has 1 aromatic rings. The summed E-state index contributed by atoms with van der Waals surface area (Å²) in [5.41, 5.74) is 0.110. The fraction of sp³-hybridized carbons (Fsp3) is 0.667. The number of rotatable bonds is 2. The van der Waals surface area contributed by atoms with Gasteiger partial charge in [0.05, 0.1) is 0 Å². The van der Waals surface area contributed by atoms with Gasteiger partial charge in [-0.2, -0.15) is 0 Å². The molecule has 1 atom stereocenters. The van der Waals surface area contributed by atoms with E-state index >= 15 is 0 Å². The van der Waals surface area contributed by atoms with Crippen LogP contribution in [0.4, 0.5) is 18.0 Å². The molecule has 1 amide bonds. The standard InChI is InChI=1S/C21H29F3N2O3/c1-19(2,3)29-18(27)26-12-9-20(7-10-25-11-8-20)17(14-26)15-5-4-6-16(13-15)28-21(22,23)24/h4-6,13,17,25H,7-12,14H2,1-3H3. The summed E-state index contributed by atoms with van der Waals surface area (Å²) in [6.07, 6.45) is -2.48. The highest BCUT2D eigenvalue weighted by Gasteiger charge is 2.46. The topological polar surface area (TPSA) is 50.8 Å². The van der Waals surface area contributed by atoms with Crippen LogP contribution < -0.4 is 10.1 Å². The molecule has 2 aliphatic rings. The molecule has 1 spiro atoms. The molecule has 2 saturated heterocycles. The number of carbonyl (C=O) groups is 1. The highest BCUT2D eigenvalue weighted by molar-refractivity contribution is 5.68. The first-order chi connectivity index (χ1) is 13.5. The lowest BCUT2D eigenvalue weighted by atomic mass is 9.62. The summed E-state index contributed by atoms with van der Waals surface area (Å²) in [5, 5.41) is 3.36. The zero-order valence-corrected chi connectivity index (χ0v) is 17.1. The number of nitrogens with zero attached hydrogens (tertiary/aromatic N) is 1. The van der Waals surface area contributed by atoms with Crippen molar-refractivity contribution in [2.75, 3.05) is 26.2 Å². The van der Waals surface area contributed by atoms with Gasteiger partial charge >= 0.3 is 12.5 Å². The zero-order chi connectivity index (χ0) is 21.3. The van der Waals surface area contributed by atoms with Gasteiger partial charge in [-0.3, -0.25) is 0 Å². The number of alkyl halides is 3. The summed E-state index contributed by atoms with van der Waals surface area (Å²) in [6.45, 7) is 8.19. The van der Waals surface area contributed by atoms with E-state index in [-0.39, 0.29) is 23.2 Å². The Bertz CT molecular complexity index is 725. The Labute approximate surface area is 169 Å². The molecule has 162 valence electrons. The third-order valence-electron chi connectivity index (χ3n) is 5.77. The second-order valence-corrected chi connectivity index (χ2v) is 8.96. The maximum absolute atomic E-state index is 12.7. The van der Waals surface area contributed by atoms with Crippen molar-refractivity contribution in [2.45, 2.75) is 57.9 Å². The number of ether oxygens (including phenoxy) is 2. The van der Waals surface area contributed by atoms with Crippen molar-refractivity contribution in [1.29, 1.82) is 0 Å². The van der Waals surface area contributed by atoms with E-state index in [1.807, 2.05) is 26.8 Å². The molecule has 5 nitrogen and oxygen atoms in total. The highest BCUT2D eigenvalue weighted by Crippen LogP contribution is 2.49. The van der Waals surface area contributed by atoms with Crippen LogP contribution in [0.15, 0.2) is 24.3 Å². The Hall–Kier alpha value is -1.96. The summed E-state index contributed by atoms with van der Waals surface area (Å²) < 4.78 is 47.7. The second-order valence-electron chi connectivity index (χ2n) is 8.96. The summed E-state index contributed by atoms with van der Waals surface area (Å²) in [4.78, 5) is 14.3. The molecule has 8 heteroatoms. The van der Waals surface area contributed by atoms with Gasteiger partial charge in [-0.05, 0) is 76.2 Å². The average molecular weight is 414 g/mol. The minimum Gasteiger partial charge on any atom is -0.444 e. The molecule has 2 aliphatic heterocycles. The number of amides is 1. The van der Waals surface area contributed by atoms with Gasteiger partial charge in [0.25, 0.3) is 0 Å². The van der Waals surface area contributed by atoms with Crippen LogP contribution in [0.25, 0.3) is 0 Å². The van der Waals surface area contributed by atoms with E-state index < -0.39 is 12.0 Å². The van der Waals surface area contributed by atoms with Crippen molar-refractivity contribution in [1.82, 2.24) is 10.2 Å². The molecule has 1 unspecified atom stereocenters. The number of likely N-dealkylation sites (tertiary alicyclic amines) is 1. The van der Waals surface area contributed by atoms with Crippen LogP contribution in [-0.4, -0.2) is 49.1 Å². The van der Waals surface area contributed by atoms with Gasteiger partial charge in [0.15, 0.2) is 0 Å². The number of benzene rings is 1. The van der Waals surface area contributed by atoms with Crippen LogP contribution >= 0.6 is 0 Å². The Kier molecular flexibility index (Phi) is 6.03. The van der Waals surface area contributed by atoms with Crippen LogP contribution in [0.3, 0.4) is 0 Å². The lowest BCUT2D eigenvalue weighted by Gasteiger charge is -2.50. The Morgan fingerprint density at radius 1 is 1.17 bits per heavy atom. The molecule has 0 aromatic heterocycles. The van der Waals surface area contributed by atoms with Crippen LogP contribution in [0, 0.1) is 5.41 Å². The third-order valence-corrected chi connectivity index (χ3v) is 5.77. The Morgan fingerprint density at radius 3 is 2.48 bits per heavy atom. The lowest BCUT2D eigenvalue weighted by Crippen LogP contribution is -2.52. The first-order valence-electron chi connectivity index (χ1n) is 10.0. The summed E-state index contributed by atoms with van der Waals surface area (Å²) in [5.74, 6) is -0.309. The molecular formula is C21H29F3N2O3. The second kappa shape index (κ2) is 8.05. The van der Waals surface area contributed by atoms with Crippen molar-refractivity contribution in [3.63, 3.8) is 0 Å². The monoisotopic (exact) mass is 414 g/mol. The third kappa shape index (κ3) is 5.56. The number of piperidine rings is 2. The molecule has 0 bridgehead atoms. The number of hydrogen-bond acceptors (Lipinski definition) is 4. The number of halogens is 3. The van der Waals surface area contributed by atoms with Crippen molar-refractivity contribution >= 4 is 6.09 Å². The molecule has 0 saturated carbocycles.